The molecule has 2 aromatic carbocycles. The van der Waals surface area contributed by atoms with Gasteiger partial charge in [0.05, 0.1) is 0 Å². The maximum absolute atomic E-state index is 12.3. The van der Waals surface area contributed by atoms with Crippen LogP contribution in [0.1, 0.15) is 32.4 Å². The van der Waals surface area contributed by atoms with Crippen LogP contribution in [-0.4, -0.2) is 25.8 Å². The van der Waals surface area contributed by atoms with Gasteiger partial charge in [-0.05, 0) is 37.5 Å². The van der Waals surface area contributed by atoms with Crippen LogP contribution in [0, 0.1) is 0 Å². The van der Waals surface area contributed by atoms with Gasteiger partial charge in [0.15, 0.2) is 0 Å². The number of rotatable bonds is 6. The third-order valence-electron chi connectivity index (χ3n) is 3.95. The Balaban J connectivity index is 2.13. The van der Waals surface area contributed by atoms with E-state index in [1.165, 1.54) is 4.31 Å². The van der Waals surface area contributed by atoms with Crippen LogP contribution in [0.2, 0.25) is 0 Å². The van der Waals surface area contributed by atoms with Gasteiger partial charge in [0.25, 0.3) is 10.2 Å². The Kier molecular flexibility index (Phi) is 5.57. The molecule has 0 spiro atoms. The molecule has 2 aromatic rings. The molecular weight excluding hydrogens is 308 g/mol. The molecule has 0 aromatic heterocycles. The summed E-state index contributed by atoms with van der Waals surface area (Å²) in [5.74, 6) is 0. The number of hydrogen-bond donors (Lipinski definition) is 1. The van der Waals surface area contributed by atoms with Crippen molar-refractivity contribution in [1.82, 2.24) is 9.03 Å². The van der Waals surface area contributed by atoms with Gasteiger partial charge in [-0.15, -0.1) is 0 Å². The Morgan fingerprint density at radius 2 is 1.39 bits per heavy atom. The summed E-state index contributed by atoms with van der Waals surface area (Å²) in [7, 11) is -1.90. The molecule has 0 radical (unpaired) electrons. The first-order valence-corrected chi connectivity index (χ1v) is 9.16. The van der Waals surface area contributed by atoms with Crippen LogP contribution < -0.4 is 4.72 Å². The summed E-state index contributed by atoms with van der Waals surface area (Å²) in [5, 5.41) is 0. The lowest BCUT2D eigenvalue weighted by Crippen LogP contribution is -2.42. The molecule has 0 aliphatic rings. The average Bonchev–Trinajstić information content (AvgIpc) is 2.54. The summed E-state index contributed by atoms with van der Waals surface area (Å²) in [4.78, 5) is 0. The van der Waals surface area contributed by atoms with E-state index in [1.54, 1.807) is 7.05 Å². The Hall–Kier alpha value is -1.69. The number of benzene rings is 2. The minimum absolute atomic E-state index is 0.0832. The lowest BCUT2D eigenvalue weighted by molar-refractivity contribution is 0.398. The predicted molar refractivity (Wildman–Crippen MR) is 95.2 cm³/mol. The fourth-order valence-corrected chi connectivity index (χ4v) is 3.55. The van der Waals surface area contributed by atoms with Gasteiger partial charge >= 0.3 is 0 Å². The number of nitrogens with one attached hydrogen (secondary N) is 1. The molecule has 5 heteroatoms. The van der Waals surface area contributed by atoms with Gasteiger partial charge in [0, 0.05) is 19.1 Å². The Bertz CT molecular complexity index is 725. The summed E-state index contributed by atoms with van der Waals surface area (Å²) < 4.78 is 28.6. The van der Waals surface area contributed by atoms with E-state index < -0.39 is 10.2 Å². The molecular formula is C18H24N2O2S. The monoisotopic (exact) mass is 332 g/mol. The SMILES string of the molecule is CC(NS(=O)(=O)N(C)C(C)C)c1ccc(-c2ccccc2)cc1. The third-order valence-corrected chi connectivity index (χ3v) is 5.78. The molecule has 1 unspecified atom stereocenters. The molecule has 0 fully saturated rings. The van der Waals surface area contributed by atoms with Gasteiger partial charge in [-0.1, -0.05) is 54.6 Å². The standard InChI is InChI=1S/C18H24N2O2S/c1-14(2)20(4)23(21,22)19-15(3)16-10-12-18(13-11-16)17-8-6-5-7-9-17/h5-15,19H,1-4H3. The highest BCUT2D eigenvalue weighted by atomic mass is 32.2. The summed E-state index contributed by atoms with van der Waals surface area (Å²) in [6, 6.07) is 17.7. The van der Waals surface area contributed by atoms with Crippen molar-refractivity contribution in [2.45, 2.75) is 32.9 Å². The van der Waals surface area contributed by atoms with Gasteiger partial charge in [-0.25, -0.2) is 0 Å². The maximum atomic E-state index is 12.3. The fourth-order valence-electron chi connectivity index (χ4n) is 2.25. The molecule has 1 N–H and O–H groups in total. The summed E-state index contributed by atoms with van der Waals surface area (Å²) in [6.45, 7) is 5.54. The first-order valence-electron chi connectivity index (χ1n) is 7.72. The number of hydrogen-bond acceptors (Lipinski definition) is 2. The molecule has 1 atom stereocenters. The van der Waals surface area contributed by atoms with Crippen LogP contribution in [0.25, 0.3) is 11.1 Å². The van der Waals surface area contributed by atoms with Crippen LogP contribution in [0.15, 0.2) is 54.6 Å². The van der Waals surface area contributed by atoms with E-state index in [0.29, 0.717) is 0 Å². The van der Waals surface area contributed by atoms with Crippen LogP contribution in [-0.2, 0) is 10.2 Å². The van der Waals surface area contributed by atoms with E-state index in [4.69, 9.17) is 0 Å². The Labute approximate surface area is 139 Å². The highest BCUT2D eigenvalue weighted by Gasteiger charge is 2.22. The van der Waals surface area contributed by atoms with Crippen molar-refractivity contribution in [3.8, 4) is 11.1 Å². The summed E-state index contributed by atoms with van der Waals surface area (Å²) in [5.41, 5.74) is 3.20. The van der Waals surface area contributed by atoms with E-state index in [-0.39, 0.29) is 12.1 Å². The maximum Gasteiger partial charge on any atom is 0.279 e. The van der Waals surface area contributed by atoms with Crippen LogP contribution in [0.4, 0.5) is 0 Å². The predicted octanol–water partition coefficient (Wildman–Crippen LogP) is 3.59. The molecule has 0 saturated carbocycles. The van der Waals surface area contributed by atoms with Crippen molar-refractivity contribution in [2.24, 2.45) is 0 Å². The summed E-state index contributed by atoms with van der Waals surface area (Å²) >= 11 is 0. The molecule has 0 amide bonds. The topological polar surface area (TPSA) is 49.4 Å². The van der Waals surface area contributed by atoms with Crippen molar-refractivity contribution in [3.63, 3.8) is 0 Å². The molecule has 124 valence electrons. The second-order valence-electron chi connectivity index (χ2n) is 5.94. The first-order chi connectivity index (χ1) is 10.8. The zero-order chi connectivity index (χ0) is 17.0. The second-order valence-corrected chi connectivity index (χ2v) is 7.70. The smallest absolute Gasteiger partial charge is 0.195 e. The van der Waals surface area contributed by atoms with Crippen molar-refractivity contribution >= 4 is 10.2 Å². The van der Waals surface area contributed by atoms with Crippen LogP contribution in [0.5, 0.6) is 0 Å². The highest BCUT2D eigenvalue weighted by Crippen LogP contribution is 2.22. The van der Waals surface area contributed by atoms with Gasteiger partial charge in [0.1, 0.15) is 0 Å². The van der Waals surface area contributed by atoms with Gasteiger partial charge in [-0.2, -0.15) is 17.4 Å². The van der Waals surface area contributed by atoms with E-state index in [1.807, 2.05) is 63.2 Å². The van der Waals surface area contributed by atoms with E-state index in [0.717, 1.165) is 16.7 Å². The molecule has 4 nitrogen and oxygen atoms in total. The first kappa shape index (κ1) is 17.7. The quantitative estimate of drug-likeness (QED) is 0.879. The Morgan fingerprint density at radius 3 is 1.91 bits per heavy atom. The van der Waals surface area contributed by atoms with Crippen molar-refractivity contribution in [2.75, 3.05) is 7.05 Å². The largest absolute Gasteiger partial charge is 0.279 e. The molecule has 23 heavy (non-hydrogen) atoms. The second kappa shape index (κ2) is 7.25. The third kappa shape index (κ3) is 4.41. The van der Waals surface area contributed by atoms with E-state index in [9.17, 15) is 8.42 Å². The lowest BCUT2D eigenvalue weighted by Gasteiger charge is -2.24. The van der Waals surface area contributed by atoms with E-state index >= 15 is 0 Å². The number of nitrogens with zero attached hydrogens (tertiary/aromatic N) is 1. The molecule has 2 rings (SSSR count). The minimum atomic E-state index is -3.49. The van der Waals surface area contributed by atoms with Crippen molar-refractivity contribution in [1.29, 1.82) is 0 Å². The van der Waals surface area contributed by atoms with Crippen molar-refractivity contribution < 1.29 is 8.42 Å². The summed E-state index contributed by atoms with van der Waals surface area (Å²) in [6.07, 6.45) is 0. The average molecular weight is 332 g/mol. The lowest BCUT2D eigenvalue weighted by atomic mass is 10.0. The van der Waals surface area contributed by atoms with Gasteiger partial charge < -0.3 is 0 Å². The molecule has 0 heterocycles. The van der Waals surface area contributed by atoms with Crippen LogP contribution >= 0.6 is 0 Å². The van der Waals surface area contributed by atoms with Crippen LogP contribution in [0.3, 0.4) is 0 Å². The zero-order valence-electron chi connectivity index (χ0n) is 14.0. The fraction of sp³-hybridized carbons (Fsp3) is 0.333. The minimum Gasteiger partial charge on any atom is -0.195 e. The Morgan fingerprint density at radius 1 is 0.870 bits per heavy atom. The highest BCUT2D eigenvalue weighted by molar-refractivity contribution is 7.87. The van der Waals surface area contributed by atoms with Gasteiger partial charge in [-0.3, -0.25) is 0 Å². The molecule has 0 bridgehead atoms. The van der Waals surface area contributed by atoms with Crippen molar-refractivity contribution in [3.05, 3.63) is 60.2 Å². The van der Waals surface area contributed by atoms with E-state index in [2.05, 4.69) is 16.9 Å². The molecule has 0 aliphatic heterocycles. The molecule has 0 aliphatic carbocycles. The zero-order valence-corrected chi connectivity index (χ0v) is 14.8. The normalized spacial score (nSPS) is 13.5. The van der Waals surface area contributed by atoms with Gasteiger partial charge in [0.2, 0.25) is 0 Å². The molecule has 0 saturated heterocycles.